The molecule has 0 amide bonds. The molecule has 0 unspecified atom stereocenters. The summed E-state index contributed by atoms with van der Waals surface area (Å²) in [6.45, 7) is 28.0. The Morgan fingerprint density at radius 2 is 1.84 bits per heavy atom. The van der Waals surface area contributed by atoms with Gasteiger partial charge in [0.25, 0.3) is 0 Å². The van der Waals surface area contributed by atoms with Crippen LogP contribution in [0.25, 0.3) is 11.4 Å². The number of nitriles is 1. The number of hydrogen-bond donors (Lipinski definition) is 2. The second-order valence-electron chi connectivity index (χ2n) is 21.6. The highest BCUT2D eigenvalue weighted by Crippen LogP contribution is 2.76. The van der Waals surface area contributed by atoms with Gasteiger partial charge in [-0.2, -0.15) is 10.4 Å². The number of benzene rings is 1. The molecule has 306 valence electrons. The second-order valence-corrected chi connectivity index (χ2v) is 21.6. The Morgan fingerprint density at radius 1 is 1.12 bits per heavy atom. The molecule has 2 aromatic rings. The largest absolute Gasteiger partial charge is 0.481 e. The Labute approximate surface area is 336 Å². The number of fused-ring (bicyclic) bond motifs is 3. The molecule has 3 saturated carbocycles. The average molecular weight is 768 g/mol. The van der Waals surface area contributed by atoms with Crippen molar-refractivity contribution in [2.45, 2.75) is 145 Å². The molecule has 13 atom stereocenters. The van der Waals surface area contributed by atoms with Gasteiger partial charge in [0.05, 0.1) is 49.0 Å². The third kappa shape index (κ3) is 5.65. The molecule has 7 rings (SSSR count). The highest BCUT2D eigenvalue weighted by atomic mass is 16.5. The maximum Gasteiger partial charge on any atom is 0.307 e. The van der Waals surface area contributed by atoms with E-state index in [1.54, 1.807) is 6.33 Å². The van der Waals surface area contributed by atoms with Gasteiger partial charge in [-0.1, -0.05) is 93.0 Å². The predicted octanol–water partition coefficient (Wildman–Crippen LogP) is 9.48. The van der Waals surface area contributed by atoms with Crippen LogP contribution in [-0.2, 0) is 14.3 Å². The van der Waals surface area contributed by atoms with Crippen molar-refractivity contribution in [1.29, 1.82) is 5.26 Å². The van der Waals surface area contributed by atoms with Crippen molar-refractivity contribution in [2.24, 2.45) is 67.8 Å². The summed E-state index contributed by atoms with van der Waals surface area (Å²) in [6, 6.07) is 9.72. The SMILES string of the molecule is CC(C)[C@@H](C)[C@@]1(C)CC[C@]2(C)[C@H]3CC[C@H]4[C@@]5(C)CO[C@@H](C)[C@@]4(C[C@@H](n4ncnc4-c4cccc(C#N)c4)[C@@H]5OC[C@](C)(N)C(C)(C)C)C3=CC[C@@]2(C)[C@@H]1C(=O)O. The van der Waals surface area contributed by atoms with Crippen LogP contribution >= 0.6 is 0 Å². The van der Waals surface area contributed by atoms with E-state index in [2.05, 4.69) is 99.9 Å². The maximum absolute atomic E-state index is 13.6. The van der Waals surface area contributed by atoms with Crippen LogP contribution in [0.15, 0.2) is 42.2 Å². The summed E-state index contributed by atoms with van der Waals surface area (Å²) in [5, 5.41) is 26.0. The van der Waals surface area contributed by atoms with Crippen LogP contribution < -0.4 is 5.73 Å². The molecule has 9 nitrogen and oxygen atoms in total. The standard InChI is InChI=1S/C47H69N5O4/c1-28(2)29(3)42(8)20-21-44(10)33-16-17-36-43(9)25-55-30(4)47(36,34(33)18-19-45(44,11)37(42)40(53)54)23-35(38(43)56-26-46(12,49)41(5,6)7)52-39(50-27-51-52)32-15-13-14-31(22-32)24-48/h13-15,18,22,27-30,33,35-38H,16-17,19-21,23,25-26,49H2,1-12H3,(H,53,54)/t29-,30+,33+,35-,36+,37-,38+,42-,43-,44-,45+,46+,47+/m1/s1. The van der Waals surface area contributed by atoms with Gasteiger partial charge in [0.15, 0.2) is 5.82 Å². The average Bonchev–Trinajstić information content (AvgIpc) is 3.62. The molecule has 1 aromatic heterocycles. The third-order valence-corrected chi connectivity index (χ3v) is 18.0. The minimum absolute atomic E-state index is 0.0561. The molecule has 4 fully saturated rings. The van der Waals surface area contributed by atoms with Crippen LogP contribution in [0.5, 0.6) is 0 Å². The molecule has 3 N–H and O–H groups in total. The first-order chi connectivity index (χ1) is 26.0. The summed E-state index contributed by atoms with van der Waals surface area (Å²) in [4.78, 5) is 18.5. The zero-order valence-corrected chi connectivity index (χ0v) is 36.3. The first kappa shape index (κ1) is 41.1. The van der Waals surface area contributed by atoms with Crippen molar-refractivity contribution in [1.82, 2.24) is 14.8 Å². The topological polar surface area (TPSA) is 136 Å². The van der Waals surface area contributed by atoms with Crippen molar-refractivity contribution in [3.8, 4) is 17.5 Å². The lowest BCUT2D eigenvalue weighted by molar-refractivity contribution is -0.274. The molecular weight excluding hydrogens is 699 g/mol. The molecule has 2 heterocycles. The Bertz CT molecular complexity index is 1920. The lowest BCUT2D eigenvalue weighted by Gasteiger charge is -2.72. The number of carboxylic acid groups (broad SMARTS) is 1. The fraction of sp³-hybridized carbons (Fsp3) is 0.745. The first-order valence-electron chi connectivity index (χ1n) is 21.4. The number of aromatic nitrogens is 3. The Kier molecular flexibility index (Phi) is 9.91. The molecule has 1 saturated heterocycles. The minimum Gasteiger partial charge on any atom is -0.481 e. The number of nitrogens with two attached hydrogens (primary N) is 1. The summed E-state index contributed by atoms with van der Waals surface area (Å²) < 4.78 is 16.3. The van der Waals surface area contributed by atoms with Crippen molar-refractivity contribution >= 4 is 5.97 Å². The van der Waals surface area contributed by atoms with E-state index in [4.69, 9.17) is 25.3 Å². The van der Waals surface area contributed by atoms with Gasteiger partial charge in [-0.25, -0.2) is 9.67 Å². The van der Waals surface area contributed by atoms with Crippen molar-refractivity contribution < 1.29 is 19.4 Å². The van der Waals surface area contributed by atoms with Gasteiger partial charge < -0.3 is 20.3 Å². The lowest BCUT2D eigenvalue weighted by Crippen LogP contribution is -2.71. The summed E-state index contributed by atoms with van der Waals surface area (Å²) >= 11 is 0. The zero-order valence-electron chi connectivity index (χ0n) is 36.3. The van der Waals surface area contributed by atoms with Crippen LogP contribution in [0.3, 0.4) is 0 Å². The Morgan fingerprint density at radius 3 is 2.48 bits per heavy atom. The van der Waals surface area contributed by atoms with Crippen LogP contribution in [-0.4, -0.2) is 56.8 Å². The second kappa shape index (κ2) is 13.5. The quantitative estimate of drug-likeness (QED) is 0.254. The summed E-state index contributed by atoms with van der Waals surface area (Å²) in [6.07, 6.45) is 9.28. The van der Waals surface area contributed by atoms with Crippen LogP contribution in [0.1, 0.15) is 133 Å². The molecule has 56 heavy (non-hydrogen) atoms. The number of rotatable bonds is 8. The number of allylic oxidation sites excluding steroid dienone is 1. The van der Waals surface area contributed by atoms with Crippen LogP contribution in [0, 0.1) is 73.4 Å². The lowest BCUT2D eigenvalue weighted by atomic mass is 9.33. The van der Waals surface area contributed by atoms with E-state index in [-0.39, 0.29) is 63.1 Å². The van der Waals surface area contributed by atoms with E-state index < -0.39 is 22.8 Å². The minimum atomic E-state index is -0.641. The first-order valence-corrected chi connectivity index (χ1v) is 21.4. The molecule has 9 heteroatoms. The van der Waals surface area contributed by atoms with Crippen LogP contribution in [0.4, 0.5) is 0 Å². The van der Waals surface area contributed by atoms with E-state index in [0.717, 1.165) is 49.9 Å². The summed E-state index contributed by atoms with van der Waals surface area (Å²) in [5.41, 5.74) is 7.56. The fourth-order valence-electron chi connectivity index (χ4n) is 13.3. The Balaban J connectivity index is 1.39. The summed E-state index contributed by atoms with van der Waals surface area (Å²) in [7, 11) is 0. The number of carbonyl (C=O) groups is 1. The molecular formula is C47H69N5O4. The molecule has 4 aliphatic carbocycles. The van der Waals surface area contributed by atoms with Crippen molar-refractivity contribution in [2.75, 3.05) is 13.2 Å². The molecule has 0 radical (unpaired) electrons. The van der Waals surface area contributed by atoms with Crippen LogP contribution in [0.2, 0.25) is 0 Å². The highest BCUT2D eigenvalue weighted by molar-refractivity contribution is 5.73. The van der Waals surface area contributed by atoms with Gasteiger partial charge in [-0.15, -0.1) is 0 Å². The van der Waals surface area contributed by atoms with E-state index >= 15 is 0 Å². The monoisotopic (exact) mass is 768 g/mol. The van der Waals surface area contributed by atoms with Gasteiger partial charge in [-0.05, 0) is 110 Å². The number of carboxylic acids is 1. The van der Waals surface area contributed by atoms with Gasteiger partial charge >= 0.3 is 5.97 Å². The highest BCUT2D eigenvalue weighted by Gasteiger charge is 2.73. The van der Waals surface area contributed by atoms with Crippen molar-refractivity contribution in [3.05, 3.63) is 47.8 Å². The smallest absolute Gasteiger partial charge is 0.307 e. The van der Waals surface area contributed by atoms with E-state index in [0.29, 0.717) is 24.7 Å². The van der Waals surface area contributed by atoms with Gasteiger partial charge in [-0.3, -0.25) is 4.79 Å². The molecule has 1 aliphatic heterocycles. The van der Waals surface area contributed by atoms with Gasteiger partial charge in [0.1, 0.15) is 6.33 Å². The van der Waals surface area contributed by atoms with Gasteiger partial charge in [0.2, 0.25) is 0 Å². The predicted molar refractivity (Wildman–Crippen MR) is 219 cm³/mol. The molecule has 2 bridgehead atoms. The fourth-order valence-corrected chi connectivity index (χ4v) is 13.3. The molecule has 1 aromatic carbocycles. The van der Waals surface area contributed by atoms with E-state index in [9.17, 15) is 15.2 Å². The van der Waals surface area contributed by atoms with Gasteiger partial charge in [0, 0.05) is 21.9 Å². The zero-order chi connectivity index (χ0) is 41.0. The normalized spacial score (nSPS) is 41.0. The number of hydrogen-bond acceptors (Lipinski definition) is 7. The third-order valence-electron chi connectivity index (χ3n) is 18.0. The number of aliphatic carboxylic acids is 1. The number of nitrogens with zero attached hydrogens (tertiary/aromatic N) is 4. The molecule has 0 spiro atoms. The molecule has 5 aliphatic rings. The van der Waals surface area contributed by atoms with E-state index in [1.807, 2.05) is 24.3 Å². The van der Waals surface area contributed by atoms with Crippen molar-refractivity contribution in [3.63, 3.8) is 0 Å². The maximum atomic E-state index is 13.6. The Hall–Kier alpha value is -3.06. The number of ether oxygens (including phenoxy) is 2. The summed E-state index contributed by atoms with van der Waals surface area (Å²) in [5.74, 6) is 0.836. The van der Waals surface area contributed by atoms with E-state index in [1.165, 1.54) is 5.57 Å².